The molecule has 0 radical (unpaired) electrons. The number of benzene rings is 2. The van der Waals surface area contributed by atoms with Crippen LogP contribution in [-0.4, -0.2) is 12.5 Å². The van der Waals surface area contributed by atoms with Crippen molar-refractivity contribution >= 4 is 11.6 Å². The molecule has 0 saturated carbocycles. The van der Waals surface area contributed by atoms with E-state index in [0.29, 0.717) is 0 Å². The number of hydrogen-bond donors (Lipinski definition) is 1. The maximum Gasteiger partial charge on any atom is 0.262 e. The molecule has 3 nitrogen and oxygen atoms in total. The number of aryl methyl sites for hydroxylation is 1. The molecule has 1 amide bonds. The van der Waals surface area contributed by atoms with E-state index in [4.69, 9.17) is 4.74 Å². The smallest absolute Gasteiger partial charge is 0.262 e. The molecule has 3 rings (SSSR count). The first-order chi connectivity index (χ1) is 11.1. The van der Waals surface area contributed by atoms with Crippen molar-refractivity contribution < 1.29 is 18.3 Å². The number of anilines is 1. The quantitative estimate of drug-likeness (QED) is 0.930. The van der Waals surface area contributed by atoms with Crippen molar-refractivity contribution in [1.82, 2.24) is 0 Å². The van der Waals surface area contributed by atoms with Gasteiger partial charge in [-0.3, -0.25) is 4.79 Å². The first-order valence-electron chi connectivity index (χ1n) is 7.62. The van der Waals surface area contributed by atoms with Crippen molar-refractivity contribution in [2.75, 3.05) is 11.9 Å². The van der Waals surface area contributed by atoms with Crippen LogP contribution in [0.2, 0.25) is 0 Å². The number of fused-ring (bicyclic) bond motifs is 1. The van der Waals surface area contributed by atoms with Crippen LogP contribution >= 0.6 is 0 Å². The highest BCUT2D eigenvalue weighted by atomic mass is 19.2. The molecule has 0 heterocycles. The minimum absolute atomic E-state index is 0.171. The van der Waals surface area contributed by atoms with E-state index in [1.54, 1.807) is 0 Å². The first-order valence-corrected chi connectivity index (χ1v) is 7.62. The van der Waals surface area contributed by atoms with Crippen molar-refractivity contribution in [3.8, 4) is 5.75 Å². The summed E-state index contributed by atoms with van der Waals surface area (Å²) in [6.45, 7) is -0.171. The number of amides is 1. The molecular formula is C18H17F2NO2. The fourth-order valence-electron chi connectivity index (χ4n) is 2.80. The van der Waals surface area contributed by atoms with Crippen LogP contribution in [0.25, 0.3) is 0 Å². The Bertz CT molecular complexity index is 731. The first kappa shape index (κ1) is 15.5. The van der Waals surface area contributed by atoms with Gasteiger partial charge in [-0.2, -0.15) is 0 Å². The van der Waals surface area contributed by atoms with Crippen LogP contribution in [0.15, 0.2) is 36.4 Å². The molecular weight excluding hydrogens is 300 g/mol. The number of nitrogens with one attached hydrogen (secondary N) is 1. The highest BCUT2D eigenvalue weighted by Crippen LogP contribution is 2.29. The Morgan fingerprint density at radius 3 is 2.74 bits per heavy atom. The van der Waals surface area contributed by atoms with Gasteiger partial charge in [0.25, 0.3) is 5.91 Å². The third-order valence-electron chi connectivity index (χ3n) is 3.92. The fourth-order valence-corrected chi connectivity index (χ4v) is 2.80. The van der Waals surface area contributed by atoms with Gasteiger partial charge in [-0.1, -0.05) is 12.1 Å². The molecule has 0 saturated heterocycles. The molecule has 23 heavy (non-hydrogen) atoms. The summed E-state index contributed by atoms with van der Waals surface area (Å²) in [5.74, 6) is -1.64. The zero-order chi connectivity index (χ0) is 16.2. The Balaban J connectivity index is 1.62. The van der Waals surface area contributed by atoms with E-state index in [1.807, 2.05) is 12.1 Å². The highest BCUT2D eigenvalue weighted by Gasteiger charge is 2.15. The molecule has 0 unspecified atom stereocenters. The molecule has 1 aliphatic carbocycles. The molecule has 0 aliphatic heterocycles. The summed E-state index contributed by atoms with van der Waals surface area (Å²) in [6.07, 6.45) is 4.28. The lowest BCUT2D eigenvalue weighted by molar-refractivity contribution is -0.118. The maximum atomic E-state index is 13.1. The summed E-state index contributed by atoms with van der Waals surface area (Å²) in [4.78, 5) is 11.9. The number of carbonyl (C=O) groups is 1. The number of ether oxygens (including phenoxy) is 1. The fraction of sp³-hybridized carbons (Fsp3) is 0.278. The Morgan fingerprint density at radius 2 is 1.91 bits per heavy atom. The lowest BCUT2D eigenvalue weighted by Crippen LogP contribution is -2.21. The van der Waals surface area contributed by atoms with E-state index in [2.05, 4.69) is 11.4 Å². The Hall–Kier alpha value is -2.43. The van der Waals surface area contributed by atoms with Gasteiger partial charge < -0.3 is 10.1 Å². The maximum absolute atomic E-state index is 13.1. The number of carbonyl (C=O) groups excluding carboxylic acids is 1. The third-order valence-corrected chi connectivity index (χ3v) is 3.92. The van der Waals surface area contributed by atoms with Crippen LogP contribution in [0.4, 0.5) is 14.5 Å². The Morgan fingerprint density at radius 1 is 1.09 bits per heavy atom. The summed E-state index contributed by atoms with van der Waals surface area (Å²) >= 11 is 0. The van der Waals surface area contributed by atoms with Gasteiger partial charge in [0.15, 0.2) is 18.2 Å². The predicted molar refractivity (Wildman–Crippen MR) is 83.6 cm³/mol. The molecule has 2 aromatic rings. The van der Waals surface area contributed by atoms with Crippen LogP contribution in [0.3, 0.4) is 0 Å². The SMILES string of the molecule is O=C(COc1cccc2c1CCCC2)Nc1ccc(F)c(F)c1. The van der Waals surface area contributed by atoms with Crippen LogP contribution in [0, 0.1) is 11.6 Å². The molecule has 1 N–H and O–H groups in total. The van der Waals surface area contributed by atoms with E-state index < -0.39 is 17.5 Å². The molecule has 0 bridgehead atoms. The summed E-state index contributed by atoms with van der Waals surface area (Å²) in [7, 11) is 0. The summed E-state index contributed by atoms with van der Waals surface area (Å²) in [5.41, 5.74) is 2.64. The third kappa shape index (κ3) is 3.67. The summed E-state index contributed by atoms with van der Waals surface area (Å²) in [5, 5.41) is 2.49. The van der Waals surface area contributed by atoms with Crippen LogP contribution in [0.1, 0.15) is 24.0 Å². The monoisotopic (exact) mass is 317 g/mol. The predicted octanol–water partition coefficient (Wildman–Crippen LogP) is 3.86. The minimum Gasteiger partial charge on any atom is -0.483 e. The molecule has 0 aromatic heterocycles. The summed E-state index contributed by atoms with van der Waals surface area (Å²) < 4.78 is 31.6. The van der Waals surface area contributed by atoms with E-state index >= 15 is 0 Å². The Labute approximate surface area is 133 Å². The van der Waals surface area contributed by atoms with E-state index in [-0.39, 0.29) is 12.3 Å². The standard InChI is InChI=1S/C18H17F2NO2/c19-15-9-8-13(10-16(15)20)21-18(22)11-23-17-7-3-5-12-4-1-2-6-14(12)17/h3,5,7-10H,1-2,4,6,11H2,(H,21,22). The topological polar surface area (TPSA) is 38.3 Å². The molecule has 0 spiro atoms. The second-order valence-electron chi connectivity index (χ2n) is 5.57. The van der Waals surface area contributed by atoms with Crippen molar-refractivity contribution in [3.05, 3.63) is 59.2 Å². The van der Waals surface area contributed by atoms with Gasteiger partial charge in [0.2, 0.25) is 0 Å². The van der Waals surface area contributed by atoms with Crippen LogP contribution in [0.5, 0.6) is 5.75 Å². The Kier molecular flexibility index (Phi) is 4.55. The van der Waals surface area contributed by atoms with Gasteiger partial charge >= 0.3 is 0 Å². The number of halogens is 2. The van der Waals surface area contributed by atoms with E-state index in [1.165, 1.54) is 23.6 Å². The minimum atomic E-state index is -0.999. The van der Waals surface area contributed by atoms with E-state index in [9.17, 15) is 13.6 Å². The summed E-state index contributed by atoms with van der Waals surface area (Å²) in [6, 6.07) is 9.09. The largest absolute Gasteiger partial charge is 0.483 e. The number of hydrogen-bond acceptors (Lipinski definition) is 2. The average molecular weight is 317 g/mol. The zero-order valence-electron chi connectivity index (χ0n) is 12.6. The van der Waals surface area contributed by atoms with Crippen molar-refractivity contribution in [3.63, 3.8) is 0 Å². The molecule has 0 atom stereocenters. The van der Waals surface area contributed by atoms with Crippen LogP contribution < -0.4 is 10.1 Å². The average Bonchev–Trinajstić information content (AvgIpc) is 2.56. The van der Waals surface area contributed by atoms with Crippen molar-refractivity contribution in [2.24, 2.45) is 0 Å². The second kappa shape index (κ2) is 6.77. The molecule has 0 fully saturated rings. The van der Waals surface area contributed by atoms with Crippen molar-refractivity contribution in [1.29, 1.82) is 0 Å². The molecule has 120 valence electrons. The molecule has 1 aliphatic rings. The normalized spacial score (nSPS) is 13.3. The highest BCUT2D eigenvalue weighted by molar-refractivity contribution is 5.91. The van der Waals surface area contributed by atoms with Crippen LogP contribution in [-0.2, 0) is 17.6 Å². The van der Waals surface area contributed by atoms with Crippen molar-refractivity contribution in [2.45, 2.75) is 25.7 Å². The number of rotatable bonds is 4. The second-order valence-corrected chi connectivity index (χ2v) is 5.57. The lowest BCUT2D eigenvalue weighted by Gasteiger charge is -2.19. The molecule has 2 aromatic carbocycles. The van der Waals surface area contributed by atoms with Gasteiger partial charge in [0, 0.05) is 11.8 Å². The van der Waals surface area contributed by atoms with E-state index in [0.717, 1.165) is 37.1 Å². The lowest BCUT2D eigenvalue weighted by atomic mass is 9.91. The van der Waals surface area contributed by atoms with Gasteiger partial charge in [0.05, 0.1) is 0 Å². The van der Waals surface area contributed by atoms with Gasteiger partial charge in [0.1, 0.15) is 5.75 Å². The van der Waals surface area contributed by atoms with Gasteiger partial charge in [-0.15, -0.1) is 0 Å². The molecule has 5 heteroatoms. The van der Waals surface area contributed by atoms with Gasteiger partial charge in [-0.05, 0) is 55.0 Å². The zero-order valence-corrected chi connectivity index (χ0v) is 12.6. The van der Waals surface area contributed by atoms with Gasteiger partial charge in [-0.25, -0.2) is 8.78 Å².